The van der Waals surface area contributed by atoms with E-state index in [-0.39, 0.29) is 6.03 Å². The summed E-state index contributed by atoms with van der Waals surface area (Å²) in [6, 6.07) is 21.1. The van der Waals surface area contributed by atoms with E-state index in [0.717, 1.165) is 38.3 Å². The first-order chi connectivity index (χ1) is 16.3. The third-order valence-electron chi connectivity index (χ3n) is 5.42. The highest BCUT2D eigenvalue weighted by atomic mass is 79.9. The van der Waals surface area contributed by atoms with Crippen LogP contribution in [0.3, 0.4) is 0 Å². The lowest BCUT2D eigenvalue weighted by Crippen LogP contribution is -2.19. The Bertz CT molecular complexity index is 1280. The molecule has 0 unspecified atom stereocenters. The van der Waals surface area contributed by atoms with Crippen LogP contribution in [0.15, 0.2) is 77.4 Å². The van der Waals surface area contributed by atoms with E-state index < -0.39 is 0 Å². The van der Waals surface area contributed by atoms with Crippen LogP contribution in [0, 0.1) is 0 Å². The van der Waals surface area contributed by atoms with Crippen molar-refractivity contribution in [1.82, 2.24) is 9.78 Å². The standard InChI is InChI=1S/C26H26BrN5O2/c1-31(2)22-9-7-20(8-10-22)29-26(33)30-21-14-18(17-5-11-23(34-4)12-6-17)13-19(15-21)25-24(27)16-28-32(25)3/h5-16H,1-4H3,(H2,29,30,33). The molecule has 0 fully saturated rings. The van der Waals surface area contributed by atoms with Gasteiger partial charge in [-0.05, 0) is 81.7 Å². The topological polar surface area (TPSA) is 71.4 Å². The summed E-state index contributed by atoms with van der Waals surface area (Å²) in [4.78, 5) is 14.8. The SMILES string of the molecule is COc1ccc(-c2cc(NC(=O)Nc3ccc(N(C)C)cc3)cc(-c3c(Br)cnn3C)c2)cc1. The molecule has 7 nitrogen and oxygen atoms in total. The highest BCUT2D eigenvalue weighted by Crippen LogP contribution is 2.34. The fourth-order valence-corrected chi connectivity index (χ4v) is 4.24. The number of hydrogen-bond acceptors (Lipinski definition) is 4. The van der Waals surface area contributed by atoms with Crippen LogP contribution in [0.5, 0.6) is 5.75 Å². The molecule has 0 bridgehead atoms. The number of aromatic nitrogens is 2. The first-order valence-corrected chi connectivity index (χ1v) is 11.5. The van der Waals surface area contributed by atoms with Crippen molar-refractivity contribution in [2.45, 2.75) is 0 Å². The molecule has 174 valence electrons. The Morgan fingerprint density at radius 3 is 2.15 bits per heavy atom. The molecule has 0 atom stereocenters. The van der Waals surface area contributed by atoms with Crippen molar-refractivity contribution in [3.63, 3.8) is 0 Å². The molecule has 34 heavy (non-hydrogen) atoms. The minimum atomic E-state index is -0.320. The summed E-state index contributed by atoms with van der Waals surface area (Å²) < 4.78 is 7.96. The molecule has 0 aliphatic rings. The minimum Gasteiger partial charge on any atom is -0.497 e. The number of aryl methyl sites for hydroxylation is 1. The third kappa shape index (κ3) is 5.23. The van der Waals surface area contributed by atoms with E-state index in [1.807, 2.05) is 86.7 Å². The van der Waals surface area contributed by atoms with Gasteiger partial charge in [0.05, 0.1) is 23.5 Å². The van der Waals surface area contributed by atoms with Gasteiger partial charge in [0.25, 0.3) is 0 Å². The van der Waals surface area contributed by atoms with Crippen molar-refractivity contribution in [1.29, 1.82) is 0 Å². The van der Waals surface area contributed by atoms with Gasteiger partial charge in [0.2, 0.25) is 0 Å². The predicted octanol–water partition coefficient (Wildman–Crippen LogP) is 6.24. The number of methoxy groups -OCH3 is 1. The normalized spacial score (nSPS) is 10.6. The van der Waals surface area contributed by atoms with Gasteiger partial charge in [0, 0.05) is 43.8 Å². The number of carbonyl (C=O) groups is 1. The molecule has 0 aliphatic carbocycles. The second kappa shape index (κ2) is 10.0. The van der Waals surface area contributed by atoms with Gasteiger partial charge < -0.3 is 20.3 Å². The Hall–Kier alpha value is -3.78. The van der Waals surface area contributed by atoms with Gasteiger partial charge in [-0.2, -0.15) is 5.10 Å². The van der Waals surface area contributed by atoms with Crippen LogP contribution in [-0.4, -0.2) is 37.0 Å². The van der Waals surface area contributed by atoms with Gasteiger partial charge in [0.1, 0.15) is 5.75 Å². The number of anilines is 3. The average Bonchev–Trinajstić information content (AvgIpc) is 3.17. The lowest BCUT2D eigenvalue weighted by molar-refractivity contribution is 0.262. The highest BCUT2D eigenvalue weighted by molar-refractivity contribution is 9.10. The zero-order valence-electron chi connectivity index (χ0n) is 19.5. The van der Waals surface area contributed by atoms with Crippen LogP contribution in [0.4, 0.5) is 21.9 Å². The summed E-state index contributed by atoms with van der Waals surface area (Å²) in [5, 5.41) is 10.2. The van der Waals surface area contributed by atoms with Crippen LogP contribution in [-0.2, 0) is 7.05 Å². The molecule has 1 aromatic heterocycles. The molecule has 8 heteroatoms. The van der Waals surface area contributed by atoms with Gasteiger partial charge in [-0.15, -0.1) is 0 Å². The van der Waals surface area contributed by atoms with Crippen molar-refractivity contribution in [3.8, 4) is 28.1 Å². The summed E-state index contributed by atoms with van der Waals surface area (Å²) in [6.07, 6.45) is 1.76. The van der Waals surface area contributed by atoms with E-state index >= 15 is 0 Å². The summed E-state index contributed by atoms with van der Waals surface area (Å²) in [7, 11) is 7.48. The quantitative estimate of drug-likeness (QED) is 0.316. The van der Waals surface area contributed by atoms with Gasteiger partial charge in [-0.25, -0.2) is 4.79 Å². The molecule has 1 heterocycles. The smallest absolute Gasteiger partial charge is 0.323 e. The highest BCUT2D eigenvalue weighted by Gasteiger charge is 2.14. The fraction of sp³-hybridized carbons (Fsp3) is 0.154. The van der Waals surface area contributed by atoms with Crippen molar-refractivity contribution in [2.24, 2.45) is 7.05 Å². The van der Waals surface area contributed by atoms with E-state index in [9.17, 15) is 4.79 Å². The van der Waals surface area contributed by atoms with Crippen molar-refractivity contribution >= 4 is 39.0 Å². The number of amides is 2. The molecule has 0 radical (unpaired) electrons. The summed E-state index contributed by atoms with van der Waals surface area (Å²) >= 11 is 3.59. The van der Waals surface area contributed by atoms with Crippen molar-refractivity contribution in [3.05, 3.63) is 77.4 Å². The van der Waals surface area contributed by atoms with E-state index in [0.29, 0.717) is 11.4 Å². The Labute approximate surface area is 207 Å². The molecule has 0 saturated heterocycles. The molecule has 0 aliphatic heterocycles. The Balaban J connectivity index is 1.65. The number of ether oxygens (including phenoxy) is 1. The first kappa shape index (κ1) is 23.4. The monoisotopic (exact) mass is 519 g/mol. The molecular formula is C26H26BrN5O2. The van der Waals surface area contributed by atoms with Crippen LogP contribution in [0.25, 0.3) is 22.4 Å². The number of nitrogens with one attached hydrogen (secondary N) is 2. The molecule has 4 rings (SSSR count). The third-order valence-corrected chi connectivity index (χ3v) is 6.00. The molecule has 2 N–H and O–H groups in total. The average molecular weight is 520 g/mol. The number of carbonyl (C=O) groups excluding carboxylic acids is 1. The lowest BCUT2D eigenvalue weighted by atomic mass is 10.0. The first-order valence-electron chi connectivity index (χ1n) is 10.7. The molecular weight excluding hydrogens is 494 g/mol. The number of nitrogens with zero attached hydrogens (tertiary/aromatic N) is 3. The number of rotatable bonds is 6. The van der Waals surface area contributed by atoms with Gasteiger partial charge in [-0.1, -0.05) is 12.1 Å². The predicted molar refractivity (Wildman–Crippen MR) is 142 cm³/mol. The molecule has 2 amide bonds. The van der Waals surface area contributed by atoms with Crippen LogP contribution < -0.4 is 20.3 Å². The second-order valence-corrected chi connectivity index (χ2v) is 8.87. The van der Waals surface area contributed by atoms with E-state index in [4.69, 9.17) is 4.74 Å². The molecule has 3 aromatic carbocycles. The lowest BCUT2D eigenvalue weighted by Gasteiger charge is -2.14. The summed E-state index contributed by atoms with van der Waals surface area (Å²) in [5.74, 6) is 0.785. The van der Waals surface area contributed by atoms with Crippen molar-refractivity contribution in [2.75, 3.05) is 36.7 Å². The second-order valence-electron chi connectivity index (χ2n) is 8.01. The minimum absolute atomic E-state index is 0.320. The van der Waals surface area contributed by atoms with Gasteiger partial charge in [-0.3, -0.25) is 4.68 Å². The van der Waals surface area contributed by atoms with Gasteiger partial charge in [0.15, 0.2) is 0 Å². The van der Waals surface area contributed by atoms with Crippen LogP contribution in [0.1, 0.15) is 0 Å². The van der Waals surface area contributed by atoms with Crippen molar-refractivity contribution < 1.29 is 9.53 Å². The Kier molecular flexibility index (Phi) is 6.88. The molecule has 0 spiro atoms. The number of hydrogen-bond donors (Lipinski definition) is 2. The Morgan fingerprint density at radius 1 is 0.912 bits per heavy atom. The molecule has 4 aromatic rings. The summed E-state index contributed by atoms with van der Waals surface area (Å²) in [6.45, 7) is 0. The largest absolute Gasteiger partial charge is 0.497 e. The number of urea groups is 1. The van der Waals surface area contributed by atoms with E-state index in [1.165, 1.54) is 0 Å². The fourth-order valence-electron chi connectivity index (χ4n) is 3.66. The zero-order valence-corrected chi connectivity index (χ0v) is 21.1. The summed E-state index contributed by atoms with van der Waals surface area (Å²) in [5.41, 5.74) is 6.24. The number of benzene rings is 3. The van der Waals surface area contributed by atoms with E-state index in [2.05, 4.69) is 37.7 Å². The van der Waals surface area contributed by atoms with E-state index in [1.54, 1.807) is 18.0 Å². The van der Waals surface area contributed by atoms with Crippen LogP contribution in [0.2, 0.25) is 0 Å². The molecule has 0 saturated carbocycles. The number of halogens is 1. The van der Waals surface area contributed by atoms with Crippen LogP contribution >= 0.6 is 15.9 Å². The maximum Gasteiger partial charge on any atom is 0.323 e. The van der Waals surface area contributed by atoms with Gasteiger partial charge >= 0.3 is 6.03 Å². The maximum absolute atomic E-state index is 12.8. The maximum atomic E-state index is 12.8. The Morgan fingerprint density at radius 2 is 1.56 bits per heavy atom. The zero-order chi connectivity index (χ0) is 24.2.